The molecule has 0 bridgehead atoms. The summed E-state index contributed by atoms with van der Waals surface area (Å²) in [5, 5.41) is 0. The van der Waals surface area contributed by atoms with Crippen molar-refractivity contribution in [3.05, 3.63) is 94.0 Å². The summed E-state index contributed by atoms with van der Waals surface area (Å²) >= 11 is 3.40. The Hall–Kier alpha value is -3.12. The minimum Gasteiger partial charge on any atom is -0.493 e. The number of para-hydroxylation sites is 1. The molecular weight excluding hydrogens is 496 g/mol. The zero-order chi connectivity index (χ0) is 24.2. The van der Waals surface area contributed by atoms with E-state index in [0.29, 0.717) is 18.8 Å². The van der Waals surface area contributed by atoms with Crippen LogP contribution in [0.5, 0.6) is 11.5 Å². The number of rotatable bonds is 12. The lowest BCUT2D eigenvalue weighted by atomic mass is 10.1. The first-order chi connectivity index (χ1) is 16.6. The van der Waals surface area contributed by atoms with Crippen molar-refractivity contribution in [2.24, 2.45) is 0 Å². The minimum atomic E-state index is -0.602. The normalized spacial score (nSPS) is 10.5. The molecule has 0 saturated carbocycles. The smallest absolute Gasteiger partial charge is 0.347 e. The van der Waals surface area contributed by atoms with E-state index in [9.17, 15) is 9.59 Å². The van der Waals surface area contributed by atoms with Gasteiger partial charge in [-0.15, -0.1) is 0 Å². The van der Waals surface area contributed by atoms with Crippen molar-refractivity contribution in [3.63, 3.8) is 0 Å². The number of benzene rings is 3. The molecule has 0 aliphatic rings. The van der Waals surface area contributed by atoms with Crippen LogP contribution < -0.4 is 9.47 Å². The Labute approximate surface area is 209 Å². The molecule has 0 aliphatic carbocycles. The second-order valence-corrected chi connectivity index (χ2v) is 8.72. The van der Waals surface area contributed by atoms with Crippen LogP contribution in [0.1, 0.15) is 58.9 Å². The number of ether oxygens (including phenoxy) is 3. The second kappa shape index (κ2) is 13.6. The molecule has 0 fully saturated rings. The molecule has 3 rings (SSSR count). The molecule has 178 valence electrons. The summed E-state index contributed by atoms with van der Waals surface area (Å²) in [6.07, 6.45) is 4.88. The highest BCUT2D eigenvalue weighted by Crippen LogP contribution is 2.27. The number of esters is 2. The maximum Gasteiger partial charge on any atom is 0.347 e. The lowest BCUT2D eigenvalue weighted by molar-refractivity contribution is 0.0503. The Morgan fingerprint density at radius 1 is 0.765 bits per heavy atom. The van der Waals surface area contributed by atoms with E-state index in [1.165, 1.54) is 0 Å². The van der Waals surface area contributed by atoms with E-state index < -0.39 is 11.9 Å². The van der Waals surface area contributed by atoms with E-state index in [2.05, 4.69) is 22.9 Å². The fraction of sp³-hybridized carbons (Fsp3) is 0.286. The molecule has 3 aromatic carbocycles. The van der Waals surface area contributed by atoms with Crippen LogP contribution in [0.25, 0.3) is 0 Å². The molecule has 0 unspecified atom stereocenters. The summed E-state index contributed by atoms with van der Waals surface area (Å²) in [7, 11) is 0. The van der Waals surface area contributed by atoms with Crippen molar-refractivity contribution in [1.29, 1.82) is 0 Å². The van der Waals surface area contributed by atoms with Crippen LogP contribution in [0, 0.1) is 0 Å². The van der Waals surface area contributed by atoms with Crippen molar-refractivity contribution in [3.8, 4) is 11.5 Å². The van der Waals surface area contributed by atoms with Gasteiger partial charge in [0.1, 0.15) is 22.6 Å². The van der Waals surface area contributed by atoms with Gasteiger partial charge in [-0.05, 0) is 42.3 Å². The lowest BCUT2D eigenvalue weighted by Crippen LogP contribution is -2.15. The number of halogens is 1. The van der Waals surface area contributed by atoms with Gasteiger partial charge in [-0.1, -0.05) is 84.6 Å². The van der Waals surface area contributed by atoms with E-state index in [4.69, 9.17) is 14.2 Å². The van der Waals surface area contributed by atoms with Gasteiger partial charge in [0.15, 0.2) is 0 Å². The average molecular weight is 525 g/mol. The summed E-state index contributed by atoms with van der Waals surface area (Å²) < 4.78 is 17.6. The largest absolute Gasteiger partial charge is 0.493 e. The van der Waals surface area contributed by atoms with Gasteiger partial charge >= 0.3 is 11.9 Å². The summed E-state index contributed by atoms with van der Waals surface area (Å²) in [5.74, 6) is -0.547. The van der Waals surface area contributed by atoms with Crippen LogP contribution in [0.3, 0.4) is 0 Å². The number of unbranched alkanes of at least 4 members (excludes halogenated alkanes) is 3. The molecule has 34 heavy (non-hydrogen) atoms. The monoisotopic (exact) mass is 524 g/mol. The Morgan fingerprint density at radius 2 is 1.53 bits per heavy atom. The molecule has 6 heteroatoms. The molecule has 5 nitrogen and oxygen atoms in total. The lowest BCUT2D eigenvalue weighted by Gasteiger charge is -2.13. The van der Waals surface area contributed by atoms with Gasteiger partial charge in [-0.3, -0.25) is 0 Å². The van der Waals surface area contributed by atoms with Gasteiger partial charge < -0.3 is 14.2 Å². The Bertz CT molecular complexity index is 1080. The zero-order valence-electron chi connectivity index (χ0n) is 19.3. The molecule has 0 aromatic heterocycles. The quantitative estimate of drug-likeness (QED) is 0.144. The van der Waals surface area contributed by atoms with E-state index in [0.717, 1.165) is 35.7 Å². The van der Waals surface area contributed by atoms with Crippen LogP contribution in [0.4, 0.5) is 0 Å². The molecule has 0 amide bonds. The van der Waals surface area contributed by atoms with Crippen LogP contribution in [-0.2, 0) is 11.2 Å². The SMILES string of the molecule is CCCCCCOc1ccc(Br)cc1C(=O)Oc1ccccc1C(=O)OCCc1ccccc1. The van der Waals surface area contributed by atoms with E-state index in [-0.39, 0.29) is 23.5 Å². The second-order valence-electron chi connectivity index (χ2n) is 7.81. The van der Waals surface area contributed by atoms with Crippen LogP contribution in [-0.4, -0.2) is 25.2 Å². The molecule has 0 heterocycles. The highest BCUT2D eigenvalue weighted by atomic mass is 79.9. The summed E-state index contributed by atoms with van der Waals surface area (Å²) in [6.45, 7) is 2.90. The molecule has 0 spiro atoms. The number of hydrogen-bond donors (Lipinski definition) is 0. The summed E-state index contributed by atoms with van der Waals surface area (Å²) in [5.41, 5.74) is 1.56. The maximum absolute atomic E-state index is 13.0. The molecule has 3 aromatic rings. The topological polar surface area (TPSA) is 61.8 Å². The Balaban J connectivity index is 1.66. The fourth-order valence-electron chi connectivity index (χ4n) is 3.36. The van der Waals surface area contributed by atoms with E-state index >= 15 is 0 Å². The standard InChI is InChI=1S/C28H29BrO5/c1-2-3-4-10-18-32-25-16-15-22(29)20-24(25)28(31)34-26-14-9-8-13-23(26)27(30)33-19-17-21-11-6-5-7-12-21/h5-9,11-16,20H,2-4,10,17-19H2,1H3. The minimum absolute atomic E-state index is 0.145. The first-order valence-electron chi connectivity index (χ1n) is 11.5. The number of hydrogen-bond acceptors (Lipinski definition) is 5. The third-order valence-corrected chi connectivity index (χ3v) is 5.69. The van der Waals surface area contributed by atoms with Gasteiger partial charge in [0.05, 0.1) is 13.2 Å². The zero-order valence-corrected chi connectivity index (χ0v) is 20.9. The van der Waals surface area contributed by atoms with Gasteiger partial charge in [0.25, 0.3) is 0 Å². The highest BCUT2D eigenvalue weighted by Gasteiger charge is 2.20. The number of carbonyl (C=O) groups is 2. The Kier molecular flexibility index (Phi) is 10.2. The number of carbonyl (C=O) groups excluding carboxylic acids is 2. The van der Waals surface area contributed by atoms with Crippen molar-refractivity contribution in [1.82, 2.24) is 0 Å². The molecule has 0 radical (unpaired) electrons. The predicted molar refractivity (Wildman–Crippen MR) is 136 cm³/mol. The van der Waals surface area contributed by atoms with Gasteiger partial charge in [-0.25, -0.2) is 9.59 Å². The molecule has 0 N–H and O–H groups in total. The van der Waals surface area contributed by atoms with Crippen molar-refractivity contribution in [2.75, 3.05) is 13.2 Å². The maximum atomic E-state index is 13.0. The Morgan fingerprint density at radius 3 is 2.32 bits per heavy atom. The van der Waals surface area contributed by atoms with E-state index in [1.807, 2.05) is 36.4 Å². The van der Waals surface area contributed by atoms with Gasteiger partial charge in [-0.2, -0.15) is 0 Å². The van der Waals surface area contributed by atoms with Crippen LogP contribution in [0.15, 0.2) is 77.3 Å². The van der Waals surface area contributed by atoms with Crippen molar-refractivity contribution in [2.45, 2.75) is 39.0 Å². The van der Waals surface area contributed by atoms with Crippen molar-refractivity contribution >= 4 is 27.9 Å². The fourth-order valence-corrected chi connectivity index (χ4v) is 3.72. The first kappa shape index (κ1) is 25.5. The highest BCUT2D eigenvalue weighted by molar-refractivity contribution is 9.10. The van der Waals surface area contributed by atoms with Crippen LogP contribution >= 0.6 is 15.9 Å². The third-order valence-electron chi connectivity index (χ3n) is 5.19. The molecule has 0 saturated heterocycles. The molecule has 0 atom stereocenters. The average Bonchev–Trinajstić information content (AvgIpc) is 2.85. The third kappa shape index (κ3) is 7.73. The first-order valence-corrected chi connectivity index (χ1v) is 12.3. The van der Waals surface area contributed by atoms with Crippen LogP contribution in [0.2, 0.25) is 0 Å². The summed E-state index contributed by atoms with van der Waals surface area (Å²) in [4.78, 5) is 25.7. The predicted octanol–water partition coefficient (Wildman–Crippen LogP) is 7.03. The van der Waals surface area contributed by atoms with Gasteiger partial charge in [0.2, 0.25) is 0 Å². The molecular formula is C28H29BrO5. The van der Waals surface area contributed by atoms with Gasteiger partial charge in [0, 0.05) is 10.9 Å². The van der Waals surface area contributed by atoms with E-state index in [1.54, 1.807) is 36.4 Å². The molecule has 0 aliphatic heterocycles. The summed E-state index contributed by atoms with van der Waals surface area (Å²) in [6, 6.07) is 21.6. The van der Waals surface area contributed by atoms with Crippen molar-refractivity contribution < 1.29 is 23.8 Å².